The second-order valence-electron chi connectivity index (χ2n) is 5.32. The number of nitrogens with one attached hydrogen (secondary N) is 1. The Bertz CT molecular complexity index is 745. The number of hydrogen-bond donors (Lipinski definition) is 1. The summed E-state index contributed by atoms with van der Waals surface area (Å²) in [5, 5.41) is 3.07. The highest BCUT2D eigenvalue weighted by atomic mass is 19.1. The molecule has 112 valence electrons. The number of benzene rings is 2. The van der Waals surface area contributed by atoms with E-state index in [4.69, 9.17) is 0 Å². The molecule has 1 atom stereocenters. The monoisotopic (exact) mass is 298 g/mol. The molecule has 0 aliphatic carbocycles. The molecular formula is C17H15FN2O2. The van der Waals surface area contributed by atoms with Crippen molar-refractivity contribution in [2.45, 2.75) is 19.4 Å². The Balaban J connectivity index is 1.82. The lowest BCUT2D eigenvalue weighted by atomic mass is 10.2. The Hall–Kier alpha value is -2.69. The summed E-state index contributed by atoms with van der Waals surface area (Å²) in [6.45, 7) is 1.95. The number of halogens is 1. The largest absolute Gasteiger partial charge is 0.373 e. The molecule has 0 saturated carbocycles. The third-order valence-electron chi connectivity index (χ3n) is 3.57. The Morgan fingerprint density at radius 3 is 2.64 bits per heavy atom. The lowest BCUT2D eigenvalue weighted by Crippen LogP contribution is -2.34. The van der Waals surface area contributed by atoms with E-state index in [2.05, 4.69) is 5.32 Å². The van der Waals surface area contributed by atoms with Gasteiger partial charge in [0.05, 0.1) is 12.1 Å². The number of imide groups is 1. The van der Waals surface area contributed by atoms with Crippen molar-refractivity contribution < 1.29 is 14.0 Å². The van der Waals surface area contributed by atoms with Crippen molar-refractivity contribution in [3.05, 3.63) is 59.9 Å². The van der Waals surface area contributed by atoms with Gasteiger partial charge in [-0.05, 0) is 42.8 Å². The second-order valence-corrected chi connectivity index (χ2v) is 5.32. The fraction of sp³-hybridized carbons (Fsp3) is 0.176. The zero-order valence-electron chi connectivity index (χ0n) is 12.0. The van der Waals surface area contributed by atoms with Crippen LogP contribution in [0.25, 0.3) is 0 Å². The molecule has 2 amide bonds. The average Bonchev–Trinajstić information content (AvgIpc) is 2.73. The molecule has 4 nitrogen and oxygen atoms in total. The topological polar surface area (TPSA) is 49.4 Å². The second kappa shape index (κ2) is 5.60. The van der Waals surface area contributed by atoms with Gasteiger partial charge in [0.15, 0.2) is 0 Å². The molecule has 1 aliphatic heterocycles. The van der Waals surface area contributed by atoms with Gasteiger partial charge in [-0.1, -0.05) is 18.2 Å². The number of carbonyl (C=O) groups excluding carboxylic acids is 2. The van der Waals surface area contributed by atoms with Crippen LogP contribution >= 0.6 is 0 Å². The van der Waals surface area contributed by atoms with Gasteiger partial charge in [0.2, 0.25) is 5.91 Å². The predicted octanol–water partition coefficient (Wildman–Crippen LogP) is 2.88. The molecule has 1 N–H and O–H groups in total. The highest BCUT2D eigenvalue weighted by Crippen LogP contribution is 2.25. The first kappa shape index (κ1) is 14.3. The molecule has 1 unspecified atom stereocenters. The first-order chi connectivity index (χ1) is 10.5. The third-order valence-corrected chi connectivity index (χ3v) is 3.57. The number of carbonyl (C=O) groups is 2. The molecule has 22 heavy (non-hydrogen) atoms. The van der Waals surface area contributed by atoms with E-state index < -0.39 is 11.9 Å². The van der Waals surface area contributed by atoms with E-state index in [-0.39, 0.29) is 23.9 Å². The summed E-state index contributed by atoms with van der Waals surface area (Å²) in [7, 11) is 0. The maximum absolute atomic E-state index is 13.3. The molecule has 1 fully saturated rings. The molecule has 0 aromatic heterocycles. The Labute approximate surface area is 127 Å². The van der Waals surface area contributed by atoms with Crippen molar-refractivity contribution in [3.8, 4) is 0 Å². The van der Waals surface area contributed by atoms with Crippen molar-refractivity contribution in [1.29, 1.82) is 0 Å². The van der Waals surface area contributed by atoms with Gasteiger partial charge in [0.25, 0.3) is 5.91 Å². The number of amides is 2. The van der Waals surface area contributed by atoms with Gasteiger partial charge < -0.3 is 5.32 Å². The molecule has 0 radical (unpaired) electrons. The van der Waals surface area contributed by atoms with Crippen LogP contribution in [-0.4, -0.2) is 17.9 Å². The molecule has 0 spiro atoms. The van der Waals surface area contributed by atoms with Gasteiger partial charge in [-0.3, -0.25) is 9.59 Å². The van der Waals surface area contributed by atoms with E-state index in [0.29, 0.717) is 0 Å². The Morgan fingerprint density at radius 2 is 1.91 bits per heavy atom. The molecule has 1 saturated heterocycles. The van der Waals surface area contributed by atoms with Crippen LogP contribution in [0.3, 0.4) is 0 Å². The highest BCUT2D eigenvalue weighted by molar-refractivity contribution is 6.23. The van der Waals surface area contributed by atoms with E-state index in [1.54, 1.807) is 6.07 Å². The van der Waals surface area contributed by atoms with E-state index >= 15 is 0 Å². The Morgan fingerprint density at radius 1 is 1.14 bits per heavy atom. The van der Waals surface area contributed by atoms with Crippen LogP contribution < -0.4 is 10.2 Å². The van der Waals surface area contributed by atoms with Crippen LogP contribution in [0, 0.1) is 12.7 Å². The number of rotatable bonds is 3. The standard InChI is InChI=1S/C17H15FN2O2/c1-11-4-2-6-13(8-11)19-15-10-16(21)20(17(15)22)14-7-3-5-12(18)9-14/h2-9,15,19H,10H2,1H3. The zero-order valence-corrected chi connectivity index (χ0v) is 12.0. The van der Waals surface area contributed by atoms with Crippen LogP contribution in [0.15, 0.2) is 48.5 Å². The van der Waals surface area contributed by atoms with Crippen molar-refractivity contribution in [1.82, 2.24) is 0 Å². The van der Waals surface area contributed by atoms with Gasteiger partial charge in [0.1, 0.15) is 11.9 Å². The minimum Gasteiger partial charge on any atom is -0.373 e. The van der Waals surface area contributed by atoms with Crippen molar-refractivity contribution >= 4 is 23.2 Å². The SMILES string of the molecule is Cc1cccc(NC2CC(=O)N(c3cccc(F)c3)C2=O)c1. The lowest BCUT2D eigenvalue weighted by molar-refractivity contribution is -0.121. The summed E-state index contributed by atoms with van der Waals surface area (Å²) in [6, 6.07) is 12.4. The first-order valence-corrected chi connectivity index (χ1v) is 7.00. The smallest absolute Gasteiger partial charge is 0.256 e. The summed E-state index contributed by atoms with van der Waals surface area (Å²) in [5.74, 6) is -1.17. The number of aryl methyl sites for hydroxylation is 1. The average molecular weight is 298 g/mol. The molecule has 5 heteroatoms. The van der Waals surface area contributed by atoms with E-state index in [9.17, 15) is 14.0 Å². The van der Waals surface area contributed by atoms with Gasteiger partial charge in [-0.25, -0.2) is 9.29 Å². The maximum atomic E-state index is 13.3. The van der Waals surface area contributed by atoms with Crippen LogP contribution in [0.1, 0.15) is 12.0 Å². The molecule has 1 heterocycles. The van der Waals surface area contributed by atoms with Crippen LogP contribution in [0.2, 0.25) is 0 Å². The van der Waals surface area contributed by atoms with Crippen molar-refractivity contribution in [2.75, 3.05) is 10.2 Å². The summed E-state index contributed by atoms with van der Waals surface area (Å²) in [5.41, 5.74) is 2.11. The molecular weight excluding hydrogens is 283 g/mol. The fourth-order valence-corrected chi connectivity index (χ4v) is 2.57. The van der Waals surface area contributed by atoms with Crippen LogP contribution in [0.4, 0.5) is 15.8 Å². The molecule has 2 aromatic carbocycles. The van der Waals surface area contributed by atoms with Gasteiger partial charge in [-0.15, -0.1) is 0 Å². The minimum absolute atomic E-state index is 0.0588. The van der Waals surface area contributed by atoms with E-state index in [1.165, 1.54) is 18.2 Å². The fourth-order valence-electron chi connectivity index (χ4n) is 2.57. The van der Waals surface area contributed by atoms with Crippen molar-refractivity contribution in [3.63, 3.8) is 0 Å². The maximum Gasteiger partial charge on any atom is 0.256 e. The Kier molecular flexibility index (Phi) is 3.63. The molecule has 2 aromatic rings. The predicted molar refractivity (Wildman–Crippen MR) is 82.1 cm³/mol. The van der Waals surface area contributed by atoms with E-state index in [1.807, 2.05) is 31.2 Å². The summed E-state index contributed by atoms with van der Waals surface area (Å²) in [6.07, 6.45) is 0.0588. The van der Waals surface area contributed by atoms with Gasteiger partial charge in [0, 0.05) is 5.69 Å². The molecule has 3 rings (SSSR count). The third kappa shape index (κ3) is 2.70. The minimum atomic E-state index is -0.627. The van der Waals surface area contributed by atoms with Crippen LogP contribution in [0.5, 0.6) is 0 Å². The van der Waals surface area contributed by atoms with E-state index in [0.717, 1.165) is 16.2 Å². The highest BCUT2D eigenvalue weighted by Gasteiger charge is 2.39. The van der Waals surface area contributed by atoms with Gasteiger partial charge in [-0.2, -0.15) is 0 Å². The zero-order chi connectivity index (χ0) is 15.7. The van der Waals surface area contributed by atoms with Gasteiger partial charge >= 0.3 is 0 Å². The lowest BCUT2D eigenvalue weighted by Gasteiger charge is -2.16. The summed E-state index contributed by atoms with van der Waals surface area (Å²) < 4.78 is 13.3. The molecule has 1 aliphatic rings. The normalized spacial score (nSPS) is 17.9. The number of anilines is 2. The van der Waals surface area contributed by atoms with Crippen molar-refractivity contribution in [2.24, 2.45) is 0 Å². The number of hydrogen-bond acceptors (Lipinski definition) is 3. The quantitative estimate of drug-likeness (QED) is 0.886. The first-order valence-electron chi connectivity index (χ1n) is 7.00. The number of nitrogens with zero attached hydrogens (tertiary/aromatic N) is 1. The molecule has 0 bridgehead atoms. The summed E-state index contributed by atoms with van der Waals surface area (Å²) in [4.78, 5) is 25.6. The summed E-state index contributed by atoms with van der Waals surface area (Å²) >= 11 is 0. The van der Waals surface area contributed by atoms with Crippen LogP contribution in [-0.2, 0) is 9.59 Å².